The molecule has 0 aromatic carbocycles. The molecule has 1 heterocycles. The highest BCUT2D eigenvalue weighted by Crippen LogP contribution is 2.22. The van der Waals surface area contributed by atoms with Crippen molar-refractivity contribution in [3.8, 4) is 0 Å². The second-order valence-electron chi connectivity index (χ2n) is 7.17. The van der Waals surface area contributed by atoms with Crippen molar-refractivity contribution in [3.63, 3.8) is 0 Å². The zero-order valence-electron chi connectivity index (χ0n) is 14.1. The summed E-state index contributed by atoms with van der Waals surface area (Å²) in [5, 5.41) is 2.80. The molecular formula is C15H31N3O3. The zero-order chi connectivity index (χ0) is 16.1. The van der Waals surface area contributed by atoms with Crippen molar-refractivity contribution in [2.45, 2.75) is 58.2 Å². The molecule has 0 spiro atoms. The topological polar surface area (TPSA) is 76.8 Å². The van der Waals surface area contributed by atoms with Crippen LogP contribution in [0.3, 0.4) is 0 Å². The fourth-order valence-corrected chi connectivity index (χ4v) is 2.60. The Morgan fingerprint density at radius 1 is 1.48 bits per heavy atom. The third-order valence-electron chi connectivity index (χ3n) is 3.57. The molecule has 0 aliphatic carbocycles. The number of nitrogens with one attached hydrogen (secondary N) is 1. The summed E-state index contributed by atoms with van der Waals surface area (Å²) in [5.41, 5.74) is 5.43. The molecule has 1 fully saturated rings. The standard InChI is InChI=1S/C15H31N3O3/c1-14(2,3)21-13(19)17-7-6-12(10-16)18-8-9-20-11-15(18,4)5/h12H,6-11,16H2,1-5H3,(H,17,19). The SMILES string of the molecule is CC(C)(C)OC(=O)NCCC(CN)N1CCOCC1(C)C. The van der Waals surface area contributed by atoms with E-state index >= 15 is 0 Å². The number of carbonyl (C=O) groups is 1. The van der Waals surface area contributed by atoms with Crippen molar-refractivity contribution in [1.29, 1.82) is 0 Å². The van der Waals surface area contributed by atoms with Crippen molar-refractivity contribution < 1.29 is 14.3 Å². The Balaban J connectivity index is 2.42. The second-order valence-corrected chi connectivity index (χ2v) is 7.17. The first-order chi connectivity index (χ1) is 9.65. The number of alkyl carbamates (subject to hydrolysis) is 1. The maximum Gasteiger partial charge on any atom is 0.407 e. The molecule has 0 aromatic heterocycles. The fourth-order valence-electron chi connectivity index (χ4n) is 2.60. The molecule has 1 atom stereocenters. The third kappa shape index (κ3) is 6.20. The number of rotatable bonds is 5. The van der Waals surface area contributed by atoms with Crippen LogP contribution in [0.15, 0.2) is 0 Å². The summed E-state index contributed by atoms with van der Waals surface area (Å²) >= 11 is 0. The number of amides is 1. The fraction of sp³-hybridized carbons (Fsp3) is 0.933. The van der Waals surface area contributed by atoms with Crippen LogP contribution in [0.1, 0.15) is 41.0 Å². The minimum Gasteiger partial charge on any atom is -0.444 e. The van der Waals surface area contributed by atoms with Crippen LogP contribution in [0.25, 0.3) is 0 Å². The molecule has 1 unspecified atom stereocenters. The normalized spacial score (nSPS) is 20.9. The number of nitrogens with two attached hydrogens (primary N) is 1. The molecule has 0 radical (unpaired) electrons. The minimum atomic E-state index is -0.469. The van der Waals surface area contributed by atoms with Crippen LogP contribution in [-0.4, -0.2) is 61.0 Å². The highest BCUT2D eigenvalue weighted by molar-refractivity contribution is 5.67. The molecule has 21 heavy (non-hydrogen) atoms. The lowest BCUT2D eigenvalue weighted by molar-refractivity contribution is -0.0714. The van der Waals surface area contributed by atoms with Crippen LogP contribution < -0.4 is 11.1 Å². The highest BCUT2D eigenvalue weighted by atomic mass is 16.6. The van der Waals surface area contributed by atoms with Gasteiger partial charge in [-0.15, -0.1) is 0 Å². The van der Waals surface area contributed by atoms with Crippen LogP contribution in [0, 0.1) is 0 Å². The van der Waals surface area contributed by atoms with Gasteiger partial charge in [0.05, 0.1) is 13.2 Å². The van der Waals surface area contributed by atoms with E-state index in [0.717, 1.165) is 19.6 Å². The van der Waals surface area contributed by atoms with E-state index in [4.69, 9.17) is 15.2 Å². The van der Waals surface area contributed by atoms with Crippen molar-refractivity contribution in [3.05, 3.63) is 0 Å². The molecule has 3 N–H and O–H groups in total. The number of carbonyl (C=O) groups excluding carboxylic acids is 1. The summed E-state index contributed by atoms with van der Waals surface area (Å²) in [4.78, 5) is 14.0. The Kier molecular flexibility index (Phi) is 6.43. The minimum absolute atomic E-state index is 0.0196. The van der Waals surface area contributed by atoms with Crippen LogP contribution in [0.4, 0.5) is 4.79 Å². The largest absolute Gasteiger partial charge is 0.444 e. The molecule has 0 saturated carbocycles. The van der Waals surface area contributed by atoms with Gasteiger partial charge in [-0.1, -0.05) is 0 Å². The lowest BCUT2D eigenvalue weighted by atomic mass is 9.98. The van der Waals surface area contributed by atoms with Gasteiger partial charge in [-0.25, -0.2) is 4.79 Å². The highest BCUT2D eigenvalue weighted by Gasteiger charge is 2.34. The predicted octanol–water partition coefficient (Wildman–Crippen LogP) is 1.34. The molecular weight excluding hydrogens is 270 g/mol. The van der Waals surface area contributed by atoms with E-state index in [1.165, 1.54) is 0 Å². The molecule has 1 aliphatic rings. The quantitative estimate of drug-likeness (QED) is 0.801. The number of hydrogen-bond donors (Lipinski definition) is 2. The van der Waals surface area contributed by atoms with Crippen molar-refractivity contribution in [2.75, 3.05) is 32.8 Å². The summed E-state index contributed by atoms with van der Waals surface area (Å²) in [6, 6.07) is 0.235. The van der Waals surface area contributed by atoms with E-state index in [-0.39, 0.29) is 17.7 Å². The Morgan fingerprint density at radius 3 is 2.67 bits per heavy atom. The summed E-state index contributed by atoms with van der Waals surface area (Å²) in [6.45, 7) is 13.3. The van der Waals surface area contributed by atoms with Crippen LogP contribution in [0.2, 0.25) is 0 Å². The molecule has 6 nitrogen and oxygen atoms in total. The van der Waals surface area contributed by atoms with Gasteiger partial charge in [0.2, 0.25) is 0 Å². The third-order valence-corrected chi connectivity index (χ3v) is 3.57. The maximum atomic E-state index is 11.6. The molecule has 1 aliphatic heterocycles. The lowest BCUT2D eigenvalue weighted by Crippen LogP contribution is -2.59. The first-order valence-corrected chi connectivity index (χ1v) is 7.67. The van der Waals surface area contributed by atoms with E-state index in [1.807, 2.05) is 20.8 Å². The van der Waals surface area contributed by atoms with Gasteiger partial charge in [0.25, 0.3) is 0 Å². The molecule has 0 aromatic rings. The predicted molar refractivity (Wildman–Crippen MR) is 83.3 cm³/mol. The molecule has 1 saturated heterocycles. The van der Waals surface area contributed by atoms with Crippen LogP contribution >= 0.6 is 0 Å². The molecule has 124 valence electrons. The second kappa shape index (κ2) is 7.42. The Labute approximate surface area is 128 Å². The monoisotopic (exact) mass is 301 g/mol. The molecule has 0 bridgehead atoms. The van der Waals surface area contributed by atoms with E-state index in [2.05, 4.69) is 24.1 Å². The van der Waals surface area contributed by atoms with Gasteiger partial charge in [0.1, 0.15) is 5.60 Å². The van der Waals surface area contributed by atoms with E-state index in [0.29, 0.717) is 19.7 Å². The maximum absolute atomic E-state index is 11.6. The number of ether oxygens (including phenoxy) is 2. The van der Waals surface area contributed by atoms with Crippen molar-refractivity contribution in [2.24, 2.45) is 5.73 Å². The number of hydrogen-bond acceptors (Lipinski definition) is 5. The number of morpholine rings is 1. The molecule has 6 heteroatoms. The first-order valence-electron chi connectivity index (χ1n) is 7.67. The van der Waals surface area contributed by atoms with E-state index in [9.17, 15) is 4.79 Å². The first kappa shape index (κ1) is 18.2. The van der Waals surface area contributed by atoms with Crippen molar-refractivity contribution >= 4 is 6.09 Å². The van der Waals surface area contributed by atoms with Gasteiger partial charge < -0.3 is 20.5 Å². The van der Waals surface area contributed by atoms with E-state index in [1.54, 1.807) is 0 Å². The van der Waals surface area contributed by atoms with Gasteiger partial charge in [0.15, 0.2) is 0 Å². The van der Waals surface area contributed by atoms with Gasteiger partial charge in [0, 0.05) is 31.2 Å². The van der Waals surface area contributed by atoms with Gasteiger partial charge in [-0.2, -0.15) is 0 Å². The zero-order valence-corrected chi connectivity index (χ0v) is 14.1. The lowest BCUT2D eigenvalue weighted by Gasteiger charge is -2.46. The Bertz CT molecular complexity index is 340. The summed E-state index contributed by atoms with van der Waals surface area (Å²) in [7, 11) is 0. The number of nitrogens with zero attached hydrogens (tertiary/aromatic N) is 1. The molecule has 1 rings (SSSR count). The van der Waals surface area contributed by atoms with Crippen LogP contribution in [-0.2, 0) is 9.47 Å². The summed E-state index contributed by atoms with van der Waals surface area (Å²) in [6.07, 6.45) is 0.429. The summed E-state index contributed by atoms with van der Waals surface area (Å²) in [5.74, 6) is 0. The van der Waals surface area contributed by atoms with Gasteiger partial charge in [-0.3, -0.25) is 4.90 Å². The smallest absolute Gasteiger partial charge is 0.407 e. The van der Waals surface area contributed by atoms with Gasteiger partial charge in [-0.05, 0) is 41.0 Å². The van der Waals surface area contributed by atoms with Gasteiger partial charge >= 0.3 is 6.09 Å². The Hall–Kier alpha value is -0.850. The molecule has 1 amide bonds. The average molecular weight is 301 g/mol. The van der Waals surface area contributed by atoms with E-state index < -0.39 is 5.60 Å². The van der Waals surface area contributed by atoms with Crippen molar-refractivity contribution in [1.82, 2.24) is 10.2 Å². The van der Waals surface area contributed by atoms with Crippen LogP contribution in [0.5, 0.6) is 0 Å². The average Bonchev–Trinajstić information content (AvgIpc) is 2.33. The Morgan fingerprint density at radius 2 is 2.14 bits per heavy atom. The summed E-state index contributed by atoms with van der Waals surface area (Å²) < 4.78 is 10.8.